The highest BCUT2D eigenvalue weighted by molar-refractivity contribution is 7.98. The van der Waals surface area contributed by atoms with Gasteiger partial charge in [0.1, 0.15) is 5.75 Å². The van der Waals surface area contributed by atoms with E-state index in [2.05, 4.69) is 31.0 Å². The smallest absolute Gasteiger partial charge is 0.210 e. The summed E-state index contributed by atoms with van der Waals surface area (Å²) < 4.78 is 6.91. The van der Waals surface area contributed by atoms with Crippen LogP contribution in [0.1, 0.15) is 32.2 Å². The number of rotatable bonds is 4. The standard InChI is InChI=1S/C14H20N4OS/c1-14(2,3)12-16-17-13(18(12)15)20-9-10-7-5-6-8-11(10)19-4/h5-8H,9,15H2,1-4H3. The van der Waals surface area contributed by atoms with E-state index >= 15 is 0 Å². The van der Waals surface area contributed by atoms with Gasteiger partial charge in [0, 0.05) is 16.7 Å². The maximum absolute atomic E-state index is 6.06. The molecular weight excluding hydrogens is 272 g/mol. The molecule has 0 fully saturated rings. The topological polar surface area (TPSA) is 66.0 Å². The molecule has 1 aromatic carbocycles. The minimum absolute atomic E-state index is 0.120. The average molecular weight is 292 g/mol. The monoisotopic (exact) mass is 292 g/mol. The number of hydrogen-bond acceptors (Lipinski definition) is 5. The molecule has 1 heterocycles. The van der Waals surface area contributed by atoms with Crippen molar-refractivity contribution >= 4 is 11.8 Å². The minimum Gasteiger partial charge on any atom is -0.496 e. The predicted molar refractivity (Wildman–Crippen MR) is 81.4 cm³/mol. The Hall–Kier alpha value is -1.69. The Kier molecular flexibility index (Phi) is 4.23. The zero-order valence-electron chi connectivity index (χ0n) is 12.3. The Morgan fingerprint density at radius 1 is 1.25 bits per heavy atom. The molecule has 0 aliphatic carbocycles. The zero-order valence-corrected chi connectivity index (χ0v) is 13.1. The molecule has 108 valence electrons. The number of aromatic nitrogens is 3. The van der Waals surface area contributed by atoms with Gasteiger partial charge in [0.05, 0.1) is 7.11 Å². The van der Waals surface area contributed by atoms with Crippen LogP contribution in [-0.2, 0) is 11.2 Å². The lowest BCUT2D eigenvalue weighted by molar-refractivity contribution is 0.411. The van der Waals surface area contributed by atoms with Crippen LogP contribution in [0.5, 0.6) is 5.75 Å². The highest BCUT2D eigenvalue weighted by atomic mass is 32.2. The molecular formula is C14H20N4OS. The van der Waals surface area contributed by atoms with E-state index in [9.17, 15) is 0 Å². The summed E-state index contributed by atoms with van der Waals surface area (Å²) >= 11 is 1.55. The van der Waals surface area contributed by atoms with E-state index in [0.29, 0.717) is 5.16 Å². The number of ether oxygens (including phenoxy) is 1. The summed E-state index contributed by atoms with van der Waals surface area (Å²) in [4.78, 5) is 0. The summed E-state index contributed by atoms with van der Waals surface area (Å²) in [5, 5.41) is 9.05. The van der Waals surface area contributed by atoms with Crippen molar-refractivity contribution in [3.05, 3.63) is 35.7 Å². The number of benzene rings is 1. The van der Waals surface area contributed by atoms with Gasteiger partial charge >= 0.3 is 0 Å². The molecule has 0 spiro atoms. The fourth-order valence-electron chi connectivity index (χ4n) is 1.85. The van der Waals surface area contributed by atoms with E-state index in [1.807, 2.05) is 24.3 Å². The van der Waals surface area contributed by atoms with Crippen molar-refractivity contribution in [1.29, 1.82) is 0 Å². The van der Waals surface area contributed by atoms with Crippen molar-refractivity contribution in [2.75, 3.05) is 13.0 Å². The van der Waals surface area contributed by atoms with E-state index in [1.165, 1.54) is 0 Å². The molecule has 20 heavy (non-hydrogen) atoms. The maximum Gasteiger partial charge on any atom is 0.210 e. The Morgan fingerprint density at radius 3 is 2.55 bits per heavy atom. The van der Waals surface area contributed by atoms with Gasteiger partial charge in [-0.15, -0.1) is 10.2 Å². The van der Waals surface area contributed by atoms with Crippen LogP contribution in [-0.4, -0.2) is 22.0 Å². The van der Waals surface area contributed by atoms with Crippen LogP contribution in [0.25, 0.3) is 0 Å². The molecule has 0 aliphatic heterocycles. The molecule has 1 aromatic heterocycles. The zero-order chi connectivity index (χ0) is 14.8. The molecule has 2 aromatic rings. The number of hydrogen-bond donors (Lipinski definition) is 1. The summed E-state index contributed by atoms with van der Waals surface area (Å²) in [6, 6.07) is 7.93. The fourth-order valence-corrected chi connectivity index (χ4v) is 2.70. The van der Waals surface area contributed by atoms with E-state index in [1.54, 1.807) is 23.5 Å². The van der Waals surface area contributed by atoms with Crippen LogP contribution in [0, 0.1) is 0 Å². The summed E-state index contributed by atoms with van der Waals surface area (Å²) in [6.07, 6.45) is 0. The summed E-state index contributed by atoms with van der Waals surface area (Å²) in [5.74, 6) is 8.46. The van der Waals surface area contributed by atoms with Gasteiger partial charge in [0.25, 0.3) is 0 Å². The molecule has 0 saturated heterocycles. The van der Waals surface area contributed by atoms with Gasteiger partial charge < -0.3 is 10.6 Å². The first-order chi connectivity index (χ1) is 9.43. The van der Waals surface area contributed by atoms with Crippen molar-refractivity contribution < 1.29 is 4.74 Å². The number of nitrogen functional groups attached to an aromatic ring is 1. The van der Waals surface area contributed by atoms with Gasteiger partial charge in [0.2, 0.25) is 5.16 Å². The number of methoxy groups -OCH3 is 1. The van der Waals surface area contributed by atoms with E-state index in [-0.39, 0.29) is 5.41 Å². The fraction of sp³-hybridized carbons (Fsp3) is 0.429. The van der Waals surface area contributed by atoms with Gasteiger partial charge in [-0.1, -0.05) is 50.7 Å². The van der Waals surface area contributed by atoms with Gasteiger partial charge in [0.15, 0.2) is 5.82 Å². The van der Waals surface area contributed by atoms with Crippen LogP contribution < -0.4 is 10.6 Å². The molecule has 2 rings (SSSR count). The van der Waals surface area contributed by atoms with Gasteiger partial charge in [-0.2, -0.15) is 0 Å². The Bertz CT molecular complexity index is 589. The van der Waals surface area contributed by atoms with Crippen LogP contribution in [0.2, 0.25) is 0 Å². The van der Waals surface area contributed by atoms with E-state index in [4.69, 9.17) is 10.6 Å². The van der Waals surface area contributed by atoms with Crippen molar-refractivity contribution in [2.24, 2.45) is 0 Å². The largest absolute Gasteiger partial charge is 0.496 e. The Labute approximate surface area is 123 Å². The average Bonchev–Trinajstić information content (AvgIpc) is 2.78. The van der Waals surface area contributed by atoms with E-state index in [0.717, 1.165) is 22.9 Å². The van der Waals surface area contributed by atoms with Gasteiger partial charge in [-0.25, -0.2) is 4.68 Å². The van der Waals surface area contributed by atoms with Crippen LogP contribution in [0.15, 0.2) is 29.4 Å². The number of para-hydroxylation sites is 1. The first kappa shape index (κ1) is 14.7. The van der Waals surface area contributed by atoms with Gasteiger partial charge in [-0.05, 0) is 6.07 Å². The summed E-state index contributed by atoms with van der Waals surface area (Å²) in [7, 11) is 1.67. The van der Waals surface area contributed by atoms with Crippen molar-refractivity contribution in [2.45, 2.75) is 37.1 Å². The molecule has 6 heteroatoms. The third-order valence-electron chi connectivity index (χ3n) is 2.88. The summed E-state index contributed by atoms with van der Waals surface area (Å²) in [6.45, 7) is 6.19. The third-order valence-corrected chi connectivity index (χ3v) is 3.88. The Morgan fingerprint density at radius 2 is 1.95 bits per heavy atom. The van der Waals surface area contributed by atoms with E-state index < -0.39 is 0 Å². The second kappa shape index (κ2) is 5.75. The lowest BCUT2D eigenvalue weighted by Crippen LogP contribution is -2.24. The molecule has 0 atom stereocenters. The number of nitrogens with two attached hydrogens (primary N) is 1. The molecule has 0 aliphatic rings. The molecule has 5 nitrogen and oxygen atoms in total. The molecule has 0 bridgehead atoms. The number of thioether (sulfide) groups is 1. The first-order valence-corrected chi connectivity index (χ1v) is 7.37. The van der Waals surface area contributed by atoms with Gasteiger partial charge in [-0.3, -0.25) is 0 Å². The SMILES string of the molecule is COc1ccccc1CSc1nnc(C(C)(C)C)n1N. The molecule has 2 N–H and O–H groups in total. The quantitative estimate of drug-likeness (QED) is 0.693. The van der Waals surface area contributed by atoms with Crippen molar-refractivity contribution in [3.8, 4) is 5.75 Å². The lowest BCUT2D eigenvalue weighted by atomic mass is 9.96. The Balaban J connectivity index is 2.14. The highest BCUT2D eigenvalue weighted by Crippen LogP contribution is 2.28. The minimum atomic E-state index is -0.120. The summed E-state index contributed by atoms with van der Waals surface area (Å²) in [5.41, 5.74) is 0.991. The highest BCUT2D eigenvalue weighted by Gasteiger charge is 2.23. The first-order valence-electron chi connectivity index (χ1n) is 6.39. The molecule has 0 radical (unpaired) electrons. The molecule has 0 saturated carbocycles. The van der Waals surface area contributed by atoms with Crippen molar-refractivity contribution in [3.63, 3.8) is 0 Å². The normalized spacial score (nSPS) is 11.6. The lowest BCUT2D eigenvalue weighted by Gasteiger charge is -2.16. The van der Waals surface area contributed by atoms with Crippen molar-refractivity contribution in [1.82, 2.24) is 14.9 Å². The second-order valence-corrected chi connectivity index (χ2v) is 6.47. The second-order valence-electron chi connectivity index (χ2n) is 5.53. The number of nitrogens with zero attached hydrogens (tertiary/aromatic N) is 3. The van der Waals surface area contributed by atoms with Crippen LogP contribution in [0.4, 0.5) is 0 Å². The predicted octanol–water partition coefficient (Wildman–Crippen LogP) is 2.59. The maximum atomic E-state index is 6.06. The van der Waals surface area contributed by atoms with Crippen LogP contribution >= 0.6 is 11.8 Å². The third kappa shape index (κ3) is 3.07. The molecule has 0 unspecified atom stereocenters. The molecule has 0 amide bonds. The van der Waals surface area contributed by atoms with Crippen LogP contribution in [0.3, 0.4) is 0 Å².